The highest BCUT2D eigenvalue weighted by Gasteiger charge is 2.00. The molecule has 1 amide bonds. The molecule has 1 rings (SSSR count). The van der Waals surface area contributed by atoms with Crippen LogP contribution in [0.2, 0.25) is 0 Å². The van der Waals surface area contributed by atoms with Crippen LogP contribution >= 0.6 is 0 Å². The van der Waals surface area contributed by atoms with Gasteiger partial charge in [-0.3, -0.25) is 4.79 Å². The van der Waals surface area contributed by atoms with Crippen molar-refractivity contribution in [3.8, 4) is 0 Å². The largest absolute Gasteiger partial charge is 0.356 e. The minimum absolute atomic E-state index is 0.194. The summed E-state index contributed by atoms with van der Waals surface area (Å²) >= 11 is 0. The number of nitrogens with zero attached hydrogens (tertiary/aromatic N) is 2. The molecule has 1 heterocycles. The van der Waals surface area contributed by atoms with Crippen LogP contribution < -0.4 is 5.32 Å². The van der Waals surface area contributed by atoms with E-state index in [1.54, 1.807) is 0 Å². The molecular weight excluding hydrogens is 238 g/mol. The van der Waals surface area contributed by atoms with Crippen molar-refractivity contribution < 1.29 is 4.79 Å². The number of hydrogen-bond donors (Lipinski definition) is 1. The van der Waals surface area contributed by atoms with Crippen LogP contribution in [-0.2, 0) is 11.3 Å². The molecule has 0 aliphatic carbocycles. The van der Waals surface area contributed by atoms with Crippen molar-refractivity contribution in [2.24, 2.45) is 0 Å². The third-order valence-corrected chi connectivity index (χ3v) is 3.09. The van der Waals surface area contributed by atoms with Gasteiger partial charge in [-0.15, -0.1) is 0 Å². The van der Waals surface area contributed by atoms with Crippen molar-refractivity contribution in [2.45, 2.75) is 38.6 Å². The molecular formula is C15H27N3O. The van der Waals surface area contributed by atoms with E-state index in [0.717, 1.165) is 45.3 Å². The Hall–Kier alpha value is -1.29. The number of unbranched alkanes of at least 4 members (excludes halogenated alkanes) is 2. The molecule has 4 heteroatoms. The molecule has 0 spiro atoms. The van der Waals surface area contributed by atoms with Crippen LogP contribution in [0.5, 0.6) is 0 Å². The van der Waals surface area contributed by atoms with Crippen molar-refractivity contribution in [2.75, 3.05) is 27.2 Å². The molecule has 0 fully saturated rings. The molecule has 0 atom stereocenters. The van der Waals surface area contributed by atoms with Crippen molar-refractivity contribution in [1.29, 1.82) is 0 Å². The Labute approximate surface area is 116 Å². The molecule has 4 nitrogen and oxygen atoms in total. The van der Waals surface area contributed by atoms with Crippen molar-refractivity contribution in [3.63, 3.8) is 0 Å². The van der Waals surface area contributed by atoms with Crippen molar-refractivity contribution in [1.82, 2.24) is 14.8 Å². The highest BCUT2D eigenvalue weighted by Crippen LogP contribution is 2.02. The van der Waals surface area contributed by atoms with E-state index in [-0.39, 0.29) is 5.91 Å². The first-order chi connectivity index (χ1) is 9.18. The molecule has 108 valence electrons. The fourth-order valence-corrected chi connectivity index (χ4v) is 1.99. The molecule has 0 aromatic carbocycles. The predicted molar refractivity (Wildman–Crippen MR) is 79.1 cm³/mol. The zero-order valence-corrected chi connectivity index (χ0v) is 12.3. The lowest BCUT2D eigenvalue weighted by Gasteiger charge is -2.09. The van der Waals surface area contributed by atoms with Gasteiger partial charge in [0.25, 0.3) is 0 Å². The lowest BCUT2D eigenvalue weighted by molar-refractivity contribution is -0.121. The molecule has 19 heavy (non-hydrogen) atoms. The summed E-state index contributed by atoms with van der Waals surface area (Å²) in [4.78, 5) is 13.7. The number of carbonyl (C=O) groups excluding carboxylic acids is 1. The first-order valence-electron chi connectivity index (χ1n) is 7.20. The Morgan fingerprint density at radius 1 is 1.11 bits per heavy atom. The Balaban J connectivity index is 1.90. The Bertz CT molecular complexity index is 333. The van der Waals surface area contributed by atoms with E-state index in [0.29, 0.717) is 6.42 Å². The lowest BCUT2D eigenvalue weighted by Crippen LogP contribution is -2.26. The van der Waals surface area contributed by atoms with E-state index >= 15 is 0 Å². The quantitative estimate of drug-likeness (QED) is 0.658. The van der Waals surface area contributed by atoms with Crippen LogP contribution in [0.1, 0.15) is 32.1 Å². The summed E-state index contributed by atoms with van der Waals surface area (Å²) in [6, 6.07) is 4.09. The van der Waals surface area contributed by atoms with E-state index in [9.17, 15) is 4.79 Å². The minimum atomic E-state index is 0.194. The van der Waals surface area contributed by atoms with Gasteiger partial charge in [0, 0.05) is 31.9 Å². The first kappa shape index (κ1) is 15.8. The smallest absolute Gasteiger partial charge is 0.219 e. The molecule has 0 bridgehead atoms. The molecule has 0 aliphatic rings. The zero-order chi connectivity index (χ0) is 13.9. The summed E-state index contributed by atoms with van der Waals surface area (Å²) in [6.07, 6.45) is 9.08. The fraction of sp³-hybridized carbons (Fsp3) is 0.667. The molecule has 0 radical (unpaired) electrons. The maximum atomic E-state index is 11.5. The average Bonchev–Trinajstić information content (AvgIpc) is 2.87. The predicted octanol–water partition coefficient (Wildman–Crippen LogP) is 2.12. The van der Waals surface area contributed by atoms with Gasteiger partial charge in [-0.2, -0.15) is 0 Å². The van der Waals surface area contributed by atoms with Crippen molar-refractivity contribution in [3.05, 3.63) is 24.5 Å². The van der Waals surface area contributed by atoms with Gasteiger partial charge in [-0.25, -0.2) is 0 Å². The first-order valence-corrected chi connectivity index (χ1v) is 7.20. The van der Waals surface area contributed by atoms with Gasteiger partial charge in [0.2, 0.25) is 5.91 Å². The summed E-state index contributed by atoms with van der Waals surface area (Å²) in [6.45, 7) is 2.87. The summed E-state index contributed by atoms with van der Waals surface area (Å²) < 4.78 is 2.18. The van der Waals surface area contributed by atoms with Crippen LogP contribution in [0.25, 0.3) is 0 Å². The second-order valence-electron chi connectivity index (χ2n) is 5.24. The number of aryl methyl sites for hydroxylation is 1. The Morgan fingerprint density at radius 2 is 1.84 bits per heavy atom. The summed E-state index contributed by atoms with van der Waals surface area (Å²) in [5, 5.41) is 2.97. The monoisotopic (exact) mass is 265 g/mol. The van der Waals surface area contributed by atoms with E-state index in [1.165, 1.54) is 0 Å². The highest BCUT2D eigenvalue weighted by molar-refractivity contribution is 5.75. The molecule has 1 aromatic heterocycles. The number of amides is 1. The number of rotatable bonds is 10. The normalized spacial score (nSPS) is 10.9. The summed E-state index contributed by atoms with van der Waals surface area (Å²) in [5.74, 6) is 0.194. The second-order valence-corrected chi connectivity index (χ2v) is 5.24. The molecule has 0 saturated carbocycles. The van der Waals surface area contributed by atoms with Crippen LogP contribution in [0, 0.1) is 0 Å². The van der Waals surface area contributed by atoms with Crippen LogP contribution in [0.15, 0.2) is 24.5 Å². The number of nitrogens with one attached hydrogen (secondary N) is 1. The van der Waals surface area contributed by atoms with E-state index in [4.69, 9.17) is 0 Å². The van der Waals surface area contributed by atoms with Crippen LogP contribution in [-0.4, -0.2) is 42.6 Å². The zero-order valence-electron chi connectivity index (χ0n) is 12.3. The number of hydrogen-bond acceptors (Lipinski definition) is 2. The van der Waals surface area contributed by atoms with Gasteiger partial charge in [-0.05, 0) is 52.0 Å². The molecule has 0 saturated heterocycles. The molecule has 1 aromatic rings. The topological polar surface area (TPSA) is 37.3 Å². The maximum Gasteiger partial charge on any atom is 0.219 e. The van der Waals surface area contributed by atoms with Crippen LogP contribution in [0.3, 0.4) is 0 Å². The van der Waals surface area contributed by atoms with Gasteiger partial charge >= 0.3 is 0 Å². The lowest BCUT2D eigenvalue weighted by atomic mass is 10.2. The van der Waals surface area contributed by atoms with Gasteiger partial charge in [-0.1, -0.05) is 6.42 Å². The van der Waals surface area contributed by atoms with E-state index < -0.39 is 0 Å². The average molecular weight is 265 g/mol. The number of carbonyl (C=O) groups is 1. The Morgan fingerprint density at radius 3 is 2.53 bits per heavy atom. The molecule has 0 aliphatic heterocycles. The Kier molecular flexibility index (Phi) is 7.98. The number of aromatic nitrogens is 1. The maximum absolute atomic E-state index is 11.5. The van der Waals surface area contributed by atoms with E-state index in [1.807, 2.05) is 26.2 Å². The summed E-state index contributed by atoms with van der Waals surface area (Å²) in [5.41, 5.74) is 0. The standard InChI is InChI=1S/C15H27N3O/c1-17(2)11-8-10-16-15(19)9-4-3-5-12-18-13-6-7-14-18/h6-7,13-14H,3-5,8-12H2,1-2H3,(H,16,19). The second kappa shape index (κ2) is 9.62. The fourth-order valence-electron chi connectivity index (χ4n) is 1.99. The van der Waals surface area contributed by atoms with Crippen LogP contribution in [0.4, 0.5) is 0 Å². The van der Waals surface area contributed by atoms with Gasteiger partial charge in [0.05, 0.1) is 0 Å². The SMILES string of the molecule is CN(C)CCCNC(=O)CCCCCn1cccc1. The minimum Gasteiger partial charge on any atom is -0.356 e. The third kappa shape index (κ3) is 8.43. The van der Waals surface area contributed by atoms with Gasteiger partial charge in [0.1, 0.15) is 0 Å². The highest BCUT2D eigenvalue weighted by atomic mass is 16.1. The van der Waals surface area contributed by atoms with Gasteiger partial charge < -0.3 is 14.8 Å². The van der Waals surface area contributed by atoms with Crippen molar-refractivity contribution >= 4 is 5.91 Å². The third-order valence-electron chi connectivity index (χ3n) is 3.09. The summed E-state index contributed by atoms with van der Waals surface area (Å²) in [7, 11) is 4.10. The van der Waals surface area contributed by atoms with E-state index in [2.05, 4.69) is 27.2 Å². The molecule has 1 N–H and O–H groups in total. The molecule has 0 unspecified atom stereocenters. The van der Waals surface area contributed by atoms with Gasteiger partial charge in [0.15, 0.2) is 0 Å².